The van der Waals surface area contributed by atoms with E-state index in [2.05, 4.69) is 0 Å². The number of hydrogen-bond donors (Lipinski definition) is 0. The summed E-state index contributed by atoms with van der Waals surface area (Å²) in [5.74, 6) is 0.941. The average Bonchev–Trinajstić information content (AvgIpc) is 2.35. The van der Waals surface area contributed by atoms with Crippen LogP contribution in [0.15, 0.2) is 29.2 Å². The first-order valence-electron chi connectivity index (χ1n) is 5.42. The molecular formula is C12H15NO2S2. The number of rotatable bonds is 6. The number of hydrogen-bond acceptors (Lipinski definition) is 4. The molecule has 0 saturated heterocycles. The van der Waals surface area contributed by atoms with Gasteiger partial charge >= 0.3 is 0 Å². The second-order valence-corrected chi connectivity index (χ2v) is 6.75. The molecule has 3 nitrogen and oxygen atoms in total. The number of benzene rings is 1. The van der Waals surface area contributed by atoms with Crippen molar-refractivity contribution in [3.8, 4) is 5.40 Å². The van der Waals surface area contributed by atoms with Crippen molar-refractivity contribution in [3.05, 3.63) is 29.8 Å². The van der Waals surface area contributed by atoms with Gasteiger partial charge in [-0.1, -0.05) is 19.1 Å². The van der Waals surface area contributed by atoms with Gasteiger partial charge < -0.3 is 0 Å². The number of sulfone groups is 1. The molecule has 0 heterocycles. The fraction of sp³-hybridized carbons (Fsp3) is 0.417. The van der Waals surface area contributed by atoms with E-state index >= 15 is 0 Å². The second kappa shape index (κ2) is 6.67. The fourth-order valence-electron chi connectivity index (χ4n) is 1.42. The number of nitriles is 1. The molecule has 0 spiro atoms. The Bertz CT molecular complexity index is 486. The molecule has 0 aliphatic heterocycles. The molecular weight excluding hydrogens is 254 g/mol. The molecule has 0 atom stereocenters. The van der Waals surface area contributed by atoms with Crippen molar-refractivity contribution in [2.75, 3.05) is 11.5 Å². The van der Waals surface area contributed by atoms with Gasteiger partial charge in [0.25, 0.3) is 0 Å². The van der Waals surface area contributed by atoms with E-state index in [1.165, 1.54) is 11.8 Å². The monoisotopic (exact) mass is 269 g/mol. The molecule has 0 amide bonds. The zero-order valence-corrected chi connectivity index (χ0v) is 11.4. The van der Waals surface area contributed by atoms with Crippen LogP contribution < -0.4 is 0 Å². The Kier molecular flexibility index (Phi) is 5.52. The minimum absolute atomic E-state index is 0.130. The first-order chi connectivity index (χ1) is 8.10. The first kappa shape index (κ1) is 14.1. The Morgan fingerprint density at radius 3 is 2.47 bits per heavy atom. The van der Waals surface area contributed by atoms with E-state index < -0.39 is 9.84 Å². The highest BCUT2D eigenvalue weighted by Gasteiger charge is 2.10. The molecule has 0 aliphatic carbocycles. The molecule has 0 bridgehead atoms. The summed E-state index contributed by atoms with van der Waals surface area (Å²) in [5, 5.41) is 10.4. The molecule has 5 heteroatoms. The van der Waals surface area contributed by atoms with Crippen LogP contribution in [0.3, 0.4) is 0 Å². The quantitative estimate of drug-likeness (QED) is 0.588. The SMILES string of the molecule is CCS(=O)(=O)c1ccc(CCCSC#N)cc1. The molecule has 0 saturated carbocycles. The van der Waals surface area contributed by atoms with Gasteiger partial charge in [-0.25, -0.2) is 8.42 Å². The Labute approximate surface area is 107 Å². The van der Waals surface area contributed by atoms with Crippen LogP contribution in [0, 0.1) is 10.7 Å². The normalized spacial score (nSPS) is 11.1. The molecule has 1 aromatic carbocycles. The third kappa shape index (κ3) is 4.41. The van der Waals surface area contributed by atoms with Gasteiger partial charge in [-0.05, 0) is 42.3 Å². The Morgan fingerprint density at radius 2 is 1.94 bits per heavy atom. The number of aryl methyl sites for hydroxylation is 1. The summed E-state index contributed by atoms with van der Waals surface area (Å²) >= 11 is 1.25. The summed E-state index contributed by atoms with van der Waals surface area (Å²) in [6.07, 6.45) is 1.80. The molecule has 0 fully saturated rings. The zero-order chi connectivity index (χ0) is 12.7. The lowest BCUT2D eigenvalue weighted by Crippen LogP contribution is -2.03. The van der Waals surface area contributed by atoms with Crippen molar-refractivity contribution < 1.29 is 8.42 Å². The van der Waals surface area contributed by atoms with Crippen molar-refractivity contribution in [1.82, 2.24) is 0 Å². The predicted octanol–water partition coefficient (Wildman–Crippen LogP) is 2.63. The minimum atomic E-state index is -3.09. The highest BCUT2D eigenvalue weighted by molar-refractivity contribution is 8.03. The third-order valence-corrected chi connectivity index (χ3v) is 4.81. The van der Waals surface area contributed by atoms with Gasteiger partial charge in [0.2, 0.25) is 0 Å². The Balaban J connectivity index is 2.60. The summed E-state index contributed by atoms with van der Waals surface area (Å²) in [5.41, 5.74) is 1.11. The van der Waals surface area contributed by atoms with E-state index in [9.17, 15) is 8.42 Å². The van der Waals surface area contributed by atoms with E-state index in [0.717, 1.165) is 24.2 Å². The lowest BCUT2D eigenvalue weighted by Gasteiger charge is -2.03. The maximum Gasteiger partial charge on any atom is 0.178 e. The maximum atomic E-state index is 11.6. The highest BCUT2D eigenvalue weighted by Crippen LogP contribution is 2.14. The maximum absolute atomic E-state index is 11.6. The molecule has 0 aromatic heterocycles. The molecule has 1 rings (SSSR count). The van der Waals surface area contributed by atoms with Crippen LogP contribution in [-0.4, -0.2) is 19.9 Å². The summed E-state index contributed by atoms with van der Waals surface area (Å²) < 4.78 is 23.1. The van der Waals surface area contributed by atoms with Crippen molar-refractivity contribution in [1.29, 1.82) is 5.26 Å². The summed E-state index contributed by atoms with van der Waals surface area (Å²) in [6, 6.07) is 7.01. The summed E-state index contributed by atoms with van der Waals surface area (Å²) in [4.78, 5) is 0.384. The van der Waals surface area contributed by atoms with Gasteiger partial charge in [0.15, 0.2) is 9.84 Å². The van der Waals surface area contributed by atoms with Gasteiger partial charge in [0, 0.05) is 5.75 Å². The van der Waals surface area contributed by atoms with E-state index in [1.807, 2.05) is 17.5 Å². The topological polar surface area (TPSA) is 57.9 Å². The molecule has 1 aromatic rings. The van der Waals surface area contributed by atoms with Crippen molar-refractivity contribution in [2.24, 2.45) is 0 Å². The van der Waals surface area contributed by atoms with Gasteiger partial charge in [-0.3, -0.25) is 0 Å². The molecule has 17 heavy (non-hydrogen) atoms. The number of thioether (sulfide) groups is 1. The molecule has 0 N–H and O–H groups in total. The zero-order valence-electron chi connectivity index (χ0n) is 9.72. The predicted molar refractivity (Wildman–Crippen MR) is 70.6 cm³/mol. The lowest BCUT2D eigenvalue weighted by atomic mass is 10.1. The number of thiocyanates is 1. The first-order valence-corrected chi connectivity index (χ1v) is 8.06. The van der Waals surface area contributed by atoms with Crippen LogP contribution in [0.25, 0.3) is 0 Å². The van der Waals surface area contributed by atoms with Crippen LogP contribution in [0.1, 0.15) is 18.9 Å². The summed E-state index contributed by atoms with van der Waals surface area (Å²) in [6.45, 7) is 1.64. The van der Waals surface area contributed by atoms with Crippen LogP contribution in [-0.2, 0) is 16.3 Å². The smallest absolute Gasteiger partial charge is 0.178 e. The standard InChI is InChI=1S/C12H15NO2S2/c1-2-17(14,15)12-7-5-11(6-8-12)4-3-9-16-10-13/h5-8H,2-4,9H2,1H3. The van der Waals surface area contributed by atoms with E-state index in [4.69, 9.17) is 5.26 Å². The largest absolute Gasteiger partial charge is 0.224 e. The fourth-order valence-corrected chi connectivity index (χ4v) is 2.69. The minimum Gasteiger partial charge on any atom is -0.224 e. The van der Waals surface area contributed by atoms with Crippen molar-refractivity contribution in [3.63, 3.8) is 0 Å². The van der Waals surface area contributed by atoms with Crippen molar-refractivity contribution >= 4 is 21.6 Å². The van der Waals surface area contributed by atoms with Gasteiger partial charge in [0.1, 0.15) is 5.40 Å². The van der Waals surface area contributed by atoms with Gasteiger partial charge in [-0.15, -0.1) is 0 Å². The van der Waals surface area contributed by atoms with Crippen LogP contribution >= 0.6 is 11.8 Å². The molecule has 0 radical (unpaired) electrons. The van der Waals surface area contributed by atoms with Gasteiger partial charge in [0.05, 0.1) is 10.6 Å². The van der Waals surface area contributed by atoms with E-state index in [1.54, 1.807) is 19.1 Å². The van der Waals surface area contributed by atoms with Crippen molar-refractivity contribution in [2.45, 2.75) is 24.7 Å². The van der Waals surface area contributed by atoms with Crippen LogP contribution in [0.2, 0.25) is 0 Å². The van der Waals surface area contributed by atoms with E-state index in [0.29, 0.717) is 4.90 Å². The van der Waals surface area contributed by atoms with Crippen LogP contribution in [0.4, 0.5) is 0 Å². The van der Waals surface area contributed by atoms with E-state index in [-0.39, 0.29) is 5.75 Å². The molecule has 92 valence electrons. The molecule has 0 unspecified atom stereocenters. The lowest BCUT2D eigenvalue weighted by molar-refractivity contribution is 0.597. The average molecular weight is 269 g/mol. The Morgan fingerprint density at radius 1 is 1.29 bits per heavy atom. The third-order valence-electron chi connectivity index (χ3n) is 2.44. The van der Waals surface area contributed by atoms with Gasteiger partial charge in [-0.2, -0.15) is 5.26 Å². The van der Waals surface area contributed by atoms with Crippen LogP contribution in [0.5, 0.6) is 0 Å². The number of nitrogens with zero attached hydrogens (tertiary/aromatic N) is 1. The Hall–Kier alpha value is -0.990. The molecule has 0 aliphatic rings. The second-order valence-electron chi connectivity index (χ2n) is 3.59. The summed E-state index contributed by atoms with van der Waals surface area (Å²) in [7, 11) is -3.09. The highest BCUT2D eigenvalue weighted by atomic mass is 32.2.